The third-order valence-corrected chi connectivity index (χ3v) is 3.58. The van der Waals surface area contributed by atoms with E-state index < -0.39 is 0 Å². The van der Waals surface area contributed by atoms with Gasteiger partial charge < -0.3 is 20.5 Å². The number of benzene rings is 2. The number of aromatic nitrogens is 2. The third kappa shape index (κ3) is 3.33. The highest BCUT2D eigenvalue weighted by Crippen LogP contribution is 2.35. The lowest BCUT2D eigenvalue weighted by Crippen LogP contribution is -2.03. The van der Waals surface area contributed by atoms with Gasteiger partial charge in [0.2, 0.25) is 5.88 Å². The maximum atomic E-state index is 6.14. The average molecular weight is 343 g/mol. The number of nitrogens with two attached hydrogens (primary N) is 1. The van der Waals surface area contributed by atoms with Gasteiger partial charge in [-0.05, 0) is 24.3 Å². The molecule has 3 rings (SSSR count). The summed E-state index contributed by atoms with van der Waals surface area (Å²) in [5, 5.41) is 3.63. The zero-order valence-corrected chi connectivity index (χ0v) is 13.6. The Morgan fingerprint density at radius 2 is 1.71 bits per heavy atom. The molecule has 0 aliphatic carbocycles. The lowest BCUT2D eigenvalue weighted by molar-refractivity contribution is 0.374. The van der Waals surface area contributed by atoms with Crippen LogP contribution in [0.5, 0.6) is 17.4 Å². The predicted octanol–water partition coefficient (Wildman–Crippen LogP) is 4.26. The van der Waals surface area contributed by atoms with E-state index in [2.05, 4.69) is 15.3 Å². The van der Waals surface area contributed by atoms with Crippen LogP contribution in [0, 0.1) is 0 Å². The van der Waals surface area contributed by atoms with E-state index in [4.69, 9.17) is 26.8 Å². The highest BCUT2D eigenvalue weighted by atomic mass is 35.5. The fourth-order valence-electron chi connectivity index (χ4n) is 2.06. The fraction of sp³-hybridized carbons (Fsp3) is 0.0588. The number of nitrogens with one attached hydrogen (secondary N) is 1. The van der Waals surface area contributed by atoms with Crippen molar-refractivity contribution in [2.75, 3.05) is 18.2 Å². The van der Waals surface area contributed by atoms with Crippen LogP contribution in [0.15, 0.2) is 54.9 Å². The van der Waals surface area contributed by atoms with E-state index in [-0.39, 0.29) is 11.6 Å². The third-order valence-electron chi connectivity index (χ3n) is 3.25. The summed E-state index contributed by atoms with van der Waals surface area (Å²) in [6.45, 7) is 0. The number of halogens is 1. The van der Waals surface area contributed by atoms with Crippen molar-refractivity contribution in [3.63, 3.8) is 0 Å². The minimum atomic E-state index is 0.226. The highest BCUT2D eigenvalue weighted by molar-refractivity contribution is 6.33. The molecule has 2 aromatic carbocycles. The number of hydrogen-bond acceptors (Lipinski definition) is 6. The van der Waals surface area contributed by atoms with Crippen LogP contribution < -0.4 is 20.5 Å². The molecule has 0 aliphatic rings. The Morgan fingerprint density at radius 1 is 1.00 bits per heavy atom. The van der Waals surface area contributed by atoms with Gasteiger partial charge >= 0.3 is 0 Å². The molecule has 0 fully saturated rings. The second kappa shape index (κ2) is 7.06. The number of ether oxygens (including phenoxy) is 2. The summed E-state index contributed by atoms with van der Waals surface area (Å²) in [5.74, 6) is 1.72. The van der Waals surface area contributed by atoms with E-state index in [0.29, 0.717) is 28.0 Å². The van der Waals surface area contributed by atoms with Crippen molar-refractivity contribution in [2.45, 2.75) is 0 Å². The summed E-state index contributed by atoms with van der Waals surface area (Å²) in [7, 11) is 1.57. The number of anilines is 3. The lowest BCUT2D eigenvalue weighted by Gasteiger charge is -2.13. The number of nitrogens with zero attached hydrogens (tertiary/aromatic N) is 2. The Kier molecular flexibility index (Phi) is 4.67. The van der Waals surface area contributed by atoms with Crippen LogP contribution >= 0.6 is 11.6 Å². The Labute approximate surface area is 144 Å². The Hall–Kier alpha value is -2.99. The zero-order chi connectivity index (χ0) is 16.9. The van der Waals surface area contributed by atoms with E-state index in [0.717, 1.165) is 0 Å². The normalized spacial score (nSPS) is 10.2. The highest BCUT2D eigenvalue weighted by Gasteiger charge is 2.13. The van der Waals surface area contributed by atoms with E-state index in [1.807, 2.05) is 30.3 Å². The minimum absolute atomic E-state index is 0.226. The maximum Gasteiger partial charge on any atom is 0.248 e. The van der Waals surface area contributed by atoms with Crippen molar-refractivity contribution in [2.24, 2.45) is 0 Å². The van der Waals surface area contributed by atoms with Gasteiger partial charge in [0, 0.05) is 0 Å². The molecular weight excluding hydrogens is 328 g/mol. The molecule has 0 saturated carbocycles. The van der Waals surface area contributed by atoms with Crippen LogP contribution in [0.2, 0.25) is 5.02 Å². The van der Waals surface area contributed by atoms with Crippen LogP contribution in [0.25, 0.3) is 0 Å². The largest absolute Gasteiger partial charge is 0.493 e. The first-order valence-electron chi connectivity index (χ1n) is 7.12. The molecule has 0 spiro atoms. The molecule has 6 nitrogen and oxygen atoms in total. The molecule has 1 aromatic heterocycles. The SMILES string of the molecule is COc1ccccc1Oc1ncnc(Nc2ccccc2Cl)c1N. The summed E-state index contributed by atoms with van der Waals surface area (Å²) >= 11 is 6.14. The monoisotopic (exact) mass is 342 g/mol. The molecule has 122 valence electrons. The summed E-state index contributed by atoms with van der Waals surface area (Å²) in [5.41, 5.74) is 7.08. The molecule has 7 heteroatoms. The molecule has 0 radical (unpaired) electrons. The minimum Gasteiger partial charge on any atom is -0.493 e. The van der Waals surface area contributed by atoms with E-state index in [1.165, 1.54) is 6.33 Å². The Morgan fingerprint density at radius 3 is 2.46 bits per heavy atom. The van der Waals surface area contributed by atoms with Gasteiger partial charge in [0.1, 0.15) is 12.0 Å². The van der Waals surface area contributed by atoms with Crippen molar-refractivity contribution in [3.8, 4) is 17.4 Å². The lowest BCUT2D eigenvalue weighted by atomic mass is 10.3. The zero-order valence-electron chi connectivity index (χ0n) is 12.9. The Balaban J connectivity index is 1.90. The first-order chi connectivity index (χ1) is 11.7. The average Bonchev–Trinajstić information content (AvgIpc) is 2.61. The van der Waals surface area contributed by atoms with Crippen molar-refractivity contribution < 1.29 is 9.47 Å². The van der Waals surface area contributed by atoms with Crippen molar-refractivity contribution >= 4 is 28.8 Å². The number of para-hydroxylation sites is 3. The molecule has 24 heavy (non-hydrogen) atoms. The van der Waals surface area contributed by atoms with Gasteiger partial charge in [0.05, 0.1) is 17.8 Å². The topological polar surface area (TPSA) is 82.3 Å². The molecule has 1 heterocycles. The van der Waals surface area contributed by atoms with Gasteiger partial charge in [-0.15, -0.1) is 0 Å². The molecular formula is C17H15ClN4O2. The summed E-state index contributed by atoms with van der Waals surface area (Å²) in [4.78, 5) is 8.23. The second-order valence-electron chi connectivity index (χ2n) is 4.80. The molecule has 3 aromatic rings. The fourth-order valence-corrected chi connectivity index (χ4v) is 2.24. The molecule has 0 amide bonds. The molecule has 0 unspecified atom stereocenters. The van der Waals surface area contributed by atoms with Gasteiger partial charge in [-0.25, -0.2) is 4.98 Å². The predicted molar refractivity (Wildman–Crippen MR) is 94.2 cm³/mol. The first-order valence-corrected chi connectivity index (χ1v) is 7.49. The quantitative estimate of drug-likeness (QED) is 0.721. The molecule has 0 atom stereocenters. The molecule has 0 bridgehead atoms. The summed E-state index contributed by atoms with van der Waals surface area (Å²) in [6, 6.07) is 14.5. The van der Waals surface area contributed by atoms with E-state index in [1.54, 1.807) is 25.3 Å². The van der Waals surface area contributed by atoms with Gasteiger partial charge in [-0.2, -0.15) is 4.98 Å². The molecule has 0 aliphatic heterocycles. The second-order valence-corrected chi connectivity index (χ2v) is 5.21. The van der Waals surface area contributed by atoms with Gasteiger partial charge in [0.25, 0.3) is 0 Å². The van der Waals surface area contributed by atoms with Crippen LogP contribution in [-0.4, -0.2) is 17.1 Å². The number of hydrogen-bond donors (Lipinski definition) is 2. The Bertz CT molecular complexity index is 857. The smallest absolute Gasteiger partial charge is 0.248 e. The first kappa shape index (κ1) is 15.9. The number of nitrogen functional groups attached to an aromatic ring is 1. The maximum absolute atomic E-state index is 6.14. The van der Waals surface area contributed by atoms with Crippen LogP contribution in [0.3, 0.4) is 0 Å². The standard InChI is InChI=1S/C17H15ClN4O2/c1-23-13-8-4-5-9-14(13)24-17-15(19)16(20-10-21-17)22-12-7-3-2-6-11(12)18/h2-10H,19H2,1H3,(H,20,21,22). The van der Waals surface area contributed by atoms with Crippen molar-refractivity contribution in [1.29, 1.82) is 0 Å². The van der Waals surface area contributed by atoms with Gasteiger partial charge in [-0.3, -0.25) is 0 Å². The van der Waals surface area contributed by atoms with Crippen molar-refractivity contribution in [3.05, 3.63) is 59.9 Å². The van der Waals surface area contributed by atoms with Crippen LogP contribution in [-0.2, 0) is 0 Å². The number of rotatable bonds is 5. The summed E-state index contributed by atoms with van der Waals surface area (Å²) in [6.07, 6.45) is 1.36. The molecule has 0 saturated heterocycles. The van der Waals surface area contributed by atoms with E-state index >= 15 is 0 Å². The summed E-state index contributed by atoms with van der Waals surface area (Å²) < 4.78 is 11.0. The number of methoxy groups -OCH3 is 1. The van der Waals surface area contributed by atoms with Crippen LogP contribution in [0.4, 0.5) is 17.2 Å². The van der Waals surface area contributed by atoms with Gasteiger partial charge in [-0.1, -0.05) is 35.9 Å². The van der Waals surface area contributed by atoms with Gasteiger partial charge in [0.15, 0.2) is 17.3 Å². The van der Waals surface area contributed by atoms with Crippen molar-refractivity contribution in [1.82, 2.24) is 9.97 Å². The molecule has 3 N–H and O–H groups in total. The van der Waals surface area contributed by atoms with Crippen LogP contribution in [0.1, 0.15) is 0 Å². The van der Waals surface area contributed by atoms with E-state index in [9.17, 15) is 0 Å².